The zero-order valence-corrected chi connectivity index (χ0v) is 25.1. The van der Waals surface area contributed by atoms with E-state index >= 15 is 0 Å². The van der Waals surface area contributed by atoms with Crippen molar-refractivity contribution < 1.29 is 0 Å². The Morgan fingerprint density at radius 3 is 0.686 bits per heavy atom. The second-order valence-corrected chi connectivity index (χ2v) is 11.6. The highest BCUT2D eigenvalue weighted by atomic mass is 14.8. The molecule has 0 bridgehead atoms. The summed E-state index contributed by atoms with van der Waals surface area (Å²) in [5.74, 6) is 0. The summed E-state index contributed by atoms with van der Waals surface area (Å²) in [5, 5.41) is 3.56. The summed E-state index contributed by atoms with van der Waals surface area (Å²) < 4.78 is 0. The van der Waals surface area contributed by atoms with Gasteiger partial charge in [0.25, 0.3) is 0 Å². The standard InChI is InChI=1S/C34H71N/c1-3-5-7-8-9-10-11-12-13-14-15-16-17-18-19-20-21-22-23-24-25-26-27-28-29-30-31-32-34-35-33-6-4-2/h35H,3-34H2,1-2H3. The second kappa shape index (κ2) is 34.0. The molecule has 0 aliphatic carbocycles. The first-order valence-corrected chi connectivity index (χ1v) is 17.1. The lowest BCUT2D eigenvalue weighted by molar-refractivity contribution is 0.512. The van der Waals surface area contributed by atoms with E-state index in [1.807, 2.05) is 0 Å². The Bertz CT molecular complexity index is 307. The van der Waals surface area contributed by atoms with E-state index in [-0.39, 0.29) is 0 Å². The second-order valence-electron chi connectivity index (χ2n) is 11.6. The summed E-state index contributed by atoms with van der Waals surface area (Å²) in [6, 6.07) is 0. The van der Waals surface area contributed by atoms with Crippen molar-refractivity contribution >= 4 is 0 Å². The molecule has 1 heteroatoms. The number of rotatable bonds is 32. The van der Waals surface area contributed by atoms with Crippen LogP contribution in [0.4, 0.5) is 0 Å². The van der Waals surface area contributed by atoms with Crippen molar-refractivity contribution in [2.24, 2.45) is 0 Å². The van der Waals surface area contributed by atoms with Crippen LogP contribution in [-0.2, 0) is 0 Å². The normalized spacial score (nSPS) is 11.5. The van der Waals surface area contributed by atoms with Gasteiger partial charge in [0.15, 0.2) is 0 Å². The Morgan fingerprint density at radius 1 is 0.229 bits per heavy atom. The van der Waals surface area contributed by atoms with Crippen molar-refractivity contribution in [2.45, 2.75) is 206 Å². The smallest absolute Gasteiger partial charge is 0.00489 e. The van der Waals surface area contributed by atoms with E-state index in [0.29, 0.717) is 0 Å². The molecule has 0 aromatic carbocycles. The maximum absolute atomic E-state index is 3.56. The summed E-state index contributed by atoms with van der Waals surface area (Å²) in [4.78, 5) is 0. The molecule has 0 fully saturated rings. The molecular weight excluding hydrogens is 422 g/mol. The molecule has 0 aromatic heterocycles. The summed E-state index contributed by atoms with van der Waals surface area (Å²) in [5.41, 5.74) is 0. The fraction of sp³-hybridized carbons (Fsp3) is 1.00. The molecular formula is C34H71N. The minimum absolute atomic E-state index is 1.22. The van der Waals surface area contributed by atoms with Crippen LogP contribution in [0.1, 0.15) is 206 Å². The van der Waals surface area contributed by atoms with Gasteiger partial charge in [0, 0.05) is 0 Å². The molecule has 0 aliphatic heterocycles. The molecule has 0 unspecified atom stereocenters. The number of hydrogen-bond acceptors (Lipinski definition) is 1. The predicted molar refractivity (Wildman–Crippen MR) is 163 cm³/mol. The molecule has 0 rings (SSSR count). The molecule has 212 valence electrons. The molecule has 0 heterocycles. The van der Waals surface area contributed by atoms with Crippen LogP contribution in [-0.4, -0.2) is 13.1 Å². The van der Waals surface area contributed by atoms with E-state index in [1.165, 1.54) is 206 Å². The van der Waals surface area contributed by atoms with E-state index in [1.54, 1.807) is 0 Å². The van der Waals surface area contributed by atoms with Gasteiger partial charge in [-0.1, -0.05) is 194 Å². The SMILES string of the molecule is CCCCCCCCCCCCCCCCCCCCCCCCCCCCCCNCCCC. The highest BCUT2D eigenvalue weighted by Crippen LogP contribution is 2.16. The monoisotopic (exact) mass is 494 g/mol. The lowest BCUT2D eigenvalue weighted by atomic mass is 10.0. The lowest BCUT2D eigenvalue weighted by Crippen LogP contribution is -2.16. The molecule has 0 aromatic rings. The third-order valence-electron chi connectivity index (χ3n) is 7.91. The highest BCUT2D eigenvalue weighted by molar-refractivity contribution is 4.53. The Morgan fingerprint density at radius 2 is 0.429 bits per heavy atom. The van der Waals surface area contributed by atoms with Gasteiger partial charge >= 0.3 is 0 Å². The Kier molecular flexibility index (Phi) is 33.9. The van der Waals surface area contributed by atoms with E-state index < -0.39 is 0 Å². The zero-order chi connectivity index (χ0) is 25.3. The van der Waals surface area contributed by atoms with Crippen molar-refractivity contribution in [3.05, 3.63) is 0 Å². The van der Waals surface area contributed by atoms with Gasteiger partial charge in [-0.05, 0) is 25.9 Å². The Hall–Kier alpha value is -0.0400. The topological polar surface area (TPSA) is 12.0 Å². The Balaban J connectivity index is 3.00. The average Bonchev–Trinajstić information content (AvgIpc) is 2.87. The molecule has 0 radical (unpaired) electrons. The quantitative estimate of drug-likeness (QED) is 0.0918. The average molecular weight is 494 g/mol. The molecule has 0 saturated carbocycles. The largest absolute Gasteiger partial charge is 0.317 e. The van der Waals surface area contributed by atoms with Gasteiger partial charge in [-0.25, -0.2) is 0 Å². The first-order valence-electron chi connectivity index (χ1n) is 17.1. The van der Waals surface area contributed by atoms with Crippen LogP contribution >= 0.6 is 0 Å². The van der Waals surface area contributed by atoms with Gasteiger partial charge < -0.3 is 5.32 Å². The minimum atomic E-state index is 1.22. The van der Waals surface area contributed by atoms with Crippen molar-refractivity contribution in [3.63, 3.8) is 0 Å². The van der Waals surface area contributed by atoms with Crippen LogP contribution in [0.2, 0.25) is 0 Å². The molecule has 0 spiro atoms. The van der Waals surface area contributed by atoms with E-state index in [0.717, 1.165) is 0 Å². The molecule has 1 N–H and O–H groups in total. The van der Waals surface area contributed by atoms with Crippen molar-refractivity contribution in [2.75, 3.05) is 13.1 Å². The molecule has 35 heavy (non-hydrogen) atoms. The number of unbranched alkanes of at least 4 members (excludes halogenated alkanes) is 28. The van der Waals surface area contributed by atoms with Gasteiger partial charge in [0.2, 0.25) is 0 Å². The predicted octanol–water partition coefficient (Wildman–Crippen LogP) is 12.3. The molecule has 0 amide bonds. The fourth-order valence-electron chi connectivity index (χ4n) is 5.35. The van der Waals surface area contributed by atoms with E-state index in [9.17, 15) is 0 Å². The van der Waals surface area contributed by atoms with Crippen molar-refractivity contribution in [1.29, 1.82) is 0 Å². The van der Waals surface area contributed by atoms with Crippen LogP contribution in [0.3, 0.4) is 0 Å². The number of nitrogens with one attached hydrogen (secondary N) is 1. The van der Waals surface area contributed by atoms with Crippen LogP contribution in [0.15, 0.2) is 0 Å². The summed E-state index contributed by atoms with van der Waals surface area (Å²) in [7, 11) is 0. The number of hydrogen-bond donors (Lipinski definition) is 1. The van der Waals surface area contributed by atoms with Gasteiger partial charge in [-0.3, -0.25) is 0 Å². The first-order chi connectivity index (χ1) is 17.4. The maximum atomic E-state index is 3.56. The third kappa shape index (κ3) is 34.0. The van der Waals surface area contributed by atoms with Crippen LogP contribution < -0.4 is 5.32 Å². The summed E-state index contributed by atoms with van der Waals surface area (Å²) >= 11 is 0. The van der Waals surface area contributed by atoms with Crippen molar-refractivity contribution in [3.8, 4) is 0 Å². The van der Waals surface area contributed by atoms with E-state index in [4.69, 9.17) is 0 Å². The van der Waals surface area contributed by atoms with Crippen LogP contribution in [0.25, 0.3) is 0 Å². The first kappa shape index (κ1) is 35.0. The van der Waals surface area contributed by atoms with Crippen LogP contribution in [0.5, 0.6) is 0 Å². The summed E-state index contributed by atoms with van der Waals surface area (Å²) in [6.45, 7) is 7.03. The third-order valence-corrected chi connectivity index (χ3v) is 7.91. The van der Waals surface area contributed by atoms with Crippen LogP contribution in [0, 0.1) is 0 Å². The molecule has 0 atom stereocenters. The van der Waals surface area contributed by atoms with Crippen molar-refractivity contribution in [1.82, 2.24) is 5.32 Å². The molecule has 0 aliphatic rings. The van der Waals surface area contributed by atoms with E-state index in [2.05, 4.69) is 19.2 Å². The molecule has 0 saturated heterocycles. The minimum Gasteiger partial charge on any atom is -0.317 e. The molecule has 1 nitrogen and oxygen atoms in total. The highest BCUT2D eigenvalue weighted by Gasteiger charge is 1.97. The van der Waals surface area contributed by atoms with Gasteiger partial charge in [-0.15, -0.1) is 0 Å². The lowest BCUT2D eigenvalue weighted by Gasteiger charge is -2.05. The zero-order valence-electron chi connectivity index (χ0n) is 25.1. The maximum Gasteiger partial charge on any atom is -0.00489 e. The fourth-order valence-corrected chi connectivity index (χ4v) is 5.35. The van der Waals surface area contributed by atoms with Gasteiger partial charge in [0.1, 0.15) is 0 Å². The van der Waals surface area contributed by atoms with Gasteiger partial charge in [-0.2, -0.15) is 0 Å². The van der Waals surface area contributed by atoms with Gasteiger partial charge in [0.05, 0.1) is 0 Å². The Labute approximate surface area is 224 Å². The summed E-state index contributed by atoms with van der Waals surface area (Å²) in [6.07, 6.45) is 43.9.